The molecule has 0 fully saturated rings. The second-order valence-electron chi connectivity index (χ2n) is 14.5. The Morgan fingerprint density at radius 2 is 1.12 bits per heavy atom. The highest BCUT2D eigenvalue weighted by Crippen LogP contribution is 2.43. The molecule has 3 unspecified atom stereocenters. The van der Waals surface area contributed by atoms with Crippen molar-refractivity contribution in [1.29, 1.82) is 0 Å². The Balaban J connectivity index is 4.15. The number of phosphoric acid groups is 1. The standard InChI is InChI=1S/C43H83N2O6P/c1-3-5-7-9-11-13-15-17-18-19-20-21-22-23-25-26-28-30-32-34-36-42(46)41(40-51-52(48,49)50-39-38-44)45-43(47)37-35-33-31-29-27-24-16-14-12-10-8-6-4-2/h6,8,12,14,24,27,41-42,46H,3-5,7,9-11,13,15-23,25-26,28-40,44H2,1-2H3,(H,45,47)(H,48,49)/b8-6-,14-12-,27-24-. The van der Waals surface area contributed by atoms with Crippen LogP contribution in [0.2, 0.25) is 0 Å². The molecule has 9 heteroatoms. The van der Waals surface area contributed by atoms with E-state index in [9.17, 15) is 19.4 Å². The van der Waals surface area contributed by atoms with Crippen molar-refractivity contribution in [3.8, 4) is 0 Å². The monoisotopic (exact) mass is 755 g/mol. The molecular formula is C43H83N2O6P. The first kappa shape index (κ1) is 50.7. The summed E-state index contributed by atoms with van der Waals surface area (Å²) in [6.45, 7) is 4.07. The lowest BCUT2D eigenvalue weighted by atomic mass is 10.0. The fourth-order valence-electron chi connectivity index (χ4n) is 6.27. The van der Waals surface area contributed by atoms with Gasteiger partial charge in [0.25, 0.3) is 0 Å². The minimum atomic E-state index is -4.32. The lowest BCUT2D eigenvalue weighted by Crippen LogP contribution is -2.46. The highest BCUT2D eigenvalue weighted by Gasteiger charge is 2.27. The summed E-state index contributed by atoms with van der Waals surface area (Å²) in [7, 11) is -4.32. The molecule has 0 aromatic rings. The number of aliphatic hydroxyl groups is 1. The number of carbonyl (C=O) groups excluding carboxylic acids is 1. The molecule has 0 aliphatic rings. The molecule has 0 bridgehead atoms. The van der Waals surface area contributed by atoms with E-state index in [0.717, 1.165) is 64.2 Å². The van der Waals surface area contributed by atoms with Gasteiger partial charge in [0.2, 0.25) is 5.91 Å². The van der Waals surface area contributed by atoms with Crippen LogP contribution in [0, 0.1) is 0 Å². The molecule has 0 saturated carbocycles. The van der Waals surface area contributed by atoms with Gasteiger partial charge in [-0.1, -0.05) is 185 Å². The molecule has 0 aliphatic carbocycles. The summed E-state index contributed by atoms with van der Waals surface area (Å²) < 4.78 is 22.2. The number of rotatable bonds is 40. The van der Waals surface area contributed by atoms with Crippen molar-refractivity contribution in [3.05, 3.63) is 36.5 Å². The Bertz CT molecular complexity index is 912. The van der Waals surface area contributed by atoms with E-state index < -0.39 is 20.0 Å². The van der Waals surface area contributed by atoms with Crippen LogP contribution < -0.4 is 11.1 Å². The number of nitrogens with one attached hydrogen (secondary N) is 1. The minimum Gasteiger partial charge on any atom is -0.391 e. The maximum absolute atomic E-state index is 12.7. The maximum atomic E-state index is 12.7. The van der Waals surface area contributed by atoms with E-state index in [2.05, 4.69) is 55.6 Å². The van der Waals surface area contributed by atoms with Gasteiger partial charge in [0.05, 0.1) is 25.4 Å². The van der Waals surface area contributed by atoms with Crippen molar-refractivity contribution in [2.45, 2.75) is 212 Å². The second kappa shape index (κ2) is 39.4. The molecule has 0 saturated heterocycles. The number of carbonyl (C=O) groups is 1. The van der Waals surface area contributed by atoms with Crippen LogP contribution in [0.15, 0.2) is 36.5 Å². The van der Waals surface area contributed by atoms with Crippen molar-refractivity contribution in [2.75, 3.05) is 19.8 Å². The zero-order chi connectivity index (χ0) is 38.2. The average Bonchev–Trinajstić information content (AvgIpc) is 3.13. The van der Waals surface area contributed by atoms with Crippen molar-refractivity contribution >= 4 is 13.7 Å². The molecular weight excluding hydrogens is 671 g/mol. The molecule has 52 heavy (non-hydrogen) atoms. The topological polar surface area (TPSA) is 131 Å². The molecule has 306 valence electrons. The lowest BCUT2D eigenvalue weighted by Gasteiger charge is -2.25. The predicted octanol–water partition coefficient (Wildman–Crippen LogP) is 11.9. The number of phosphoric ester groups is 1. The first-order valence-electron chi connectivity index (χ1n) is 21.6. The molecule has 0 rings (SSSR count). The molecule has 1 amide bonds. The second-order valence-corrected chi connectivity index (χ2v) is 16.0. The first-order chi connectivity index (χ1) is 25.4. The third kappa shape index (κ3) is 37.1. The van der Waals surface area contributed by atoms with Crippen LogP contribution in [-0.2, 0) is 18.4 Å². The largest absolute Gasteiger partial charge is 0.472 e. The summed E-state index contributed by atoms with van der Waals surface area (Å²) in [4.78, 5) is 22.7. The van der Waals surface area contributed by atoms with Crippen LogP contribution in [0.3, 0.4) is 0 Å². The number of unbranched alkanes of at least 4 members (excludes halogenated alkanes) is 22. The van der Waals surface area contributed by atoms with E-state index in [-0.39, 0.29) is 25.7 Å². The Kier molecular flexibility index (Phi) is 38.4. The number of amides is 1. The van der Waals surface area contributed by atoms with Crippen LogP contribution in [-0.4, -0.2) is 47.8 Å². The van der Waals surface area contributed by atoms with Gasteiger partial charge in [0, 0.05) is 13.0 Å². The third-order valence-corrected chi connectivity index (χ3v) is 10.5. The molecule has 0 aromatic heterocycles. The third-order valence-electron chi connectivity index (χ3n) is 9.51. The van der Waals surface area contributed by atoms with Crippen molar-refractivity contribution in [2.24, 2.45) is 5.73 Å². The van der Waals surface area contributed by atoms with Gasteiger partial charge in [-0.15, -0.1) is 0 Å². The zero-order valence-corrected chi connectivity index (χ0v) is 34.7. The van der Waals surface area contributed by atoms with Crippen LogP contribution in [0.25, 0.3) is 0 Å². The predicted molar refractivity (Wildman–Crippen MR) is 221 cm³/mol. The van der Waals surface area contributed by atoms with Gasteiger partial charge in [0.15, 0.2) is 0 Å². The van der Waals surface area contributed by atoms with Gasteiger partial charge in [-0.3, -0.25) is 13.8 Å². The quantitative estimate of drug-likeness (QED) is 0.0278. The molecule has 0 heterocycles. The number of allylic oxidation sites excluding steroid dienone is 6. The van der Waals surface area contributed by atoms with Crippen LogP contribution in [0.5, 0.6) is 0 Å². The molecule has 0 radical (unpaired) electrons. The average molecular weight is 755 g/mol. The van der Waals surface area contributed by atoms with E-state index in [4.69, 9.17) is 14.8 Å². The van der Waals surface area contributed by atoms with Crippen LogP contribution in [0.4, 0.5) is 0 Å². The normalized spacial score (nSPS) is 14.5. The van der Waals surface area contributed by atoms with Gasteiger partial charge in [0.1, 0.15) is 0 Å². The highest BCUT2D eigenvalue weighted by atomic mass is 31.2. The van der Waals surface area contributed by atoms with Crippen LogP contribution in [0.1, 0.15) is 200 Å². The van der Waals surface area contributed by atoms with Gasteiger partial charge in [-0.2, -0.15) is 0 Å². The van der Waals surface area contributed by atoms with Gasteiger partial charge < -0.3 is 21.1 Å². The zero-order valence-electron chi connectivity index (χ0n) is 33.8. The molecule has 5 N–H and O–H groups in total. The minimum absolute atomic E-state index is 0.0833. The van der Waals surface area contributed by atoms with E-state index in [1.165, 1.54) is 109 Å². The van der Waals surface area contributed by atoms with Crippen molar-refractivity contribution < 1.29 is 28.4 Å². The lowest BCUT2D eigenvalue weighted by molar-refractivity contribution is -0.123. The maximum Gasteiger partial charge on any atom is 0.472 e. The molecule has 0 aromatic carbocycles. The fraction of sp³-hybridized carbons (Fsp3) is 0.837. The van der Waals surface area contributed by atoms with Crippen molar-refractivity contribution in [3.63, 3.8) is 0 Å². The summed E-state index contributed by atoms with van der Waals surface area (Å²) >= 11 is 0. The summed E-state index contributed by atoms with van der Waals surface area (Å²) in [5.41, 5.74) is 5.37. The van der Waals surface area contributed by atoms with Crippen molar-refractivity contribution in [1.82, 2.24) is 5.32 Å². The van der Waals surface area contributed by atoms with Gasteiger partial charge >= 0.3 is 7.82 Å². The number of hydrogen-bond acceptors (Lipinski definition) is 6. The Morgan fingerprint density at radius 1 is 0.654 bits per heavy atom. The Labute approximate surface area is 320 Å². The fourth-order valence-corrected chi connectivity index (χ4v) is 7.03. The SMILES string of the molecule is CC/C=C\C/C=C\C/C=C\CCCCCC(=O)NC(COP(=O)(O)OCCN)C(O)CCCCCCCCCCCCCCCCCCCCCC. The van der Waals surface area contributed by atoms with E-state index in [1.54, 1.807) is 0 Å². The summed E-state index contributed by atoms with van der Waals surface area (Å²) in [6, 6.07) is -0.789. The molecule has 0 aliphatic heterocycles. The number of aliphatic hydroxyl groups excluding tert-OH is 1. The summed E-state index contributed by atoms with van der Waals surface area (Å²) in [6.07, 6.45) is 45.9. The first-order valence-corrected chi connectivity index (χ1v) is 23.1. The molecule has 3 atom stereocenters. The summed E-state index contributed by atoms with van der Waals surface area (Å²) in [5.74, 6) is -0.190. The Morgan fingerprint density at radius 3 is 1.62 bits per heavy atom. The van der Waals surface area contributed by atoms with Gasteiger partial charge in [-0.05, 0) is 44.9 Å². The number of nitrogens with two attached hydrogens (primary N) is 1. The van der Waals surface area contributed by atoms with Gasteiger partial charge in [-0.25, -0.2) is 4.57 Å². The number of hydrogen-bond donors (Lipinski definition) is 4. The van der Waals surface area contributed by atoms with E-state index in [0.29, 0.717) is 12.8 Å². The molecule has 0 spiro atoms. The Hall–Kier alpha value is -1.28. The van der Waals surface area contributed by atoms with E-state index in [1.807, 2.05) is 0 Å². The highest BCUT2D eigenvalue weighted by molar-refractivity contribution is 7.47. The molecule has 8 nitrogen and oxygen atoms in total. The smallest absolute Gasteiger partial charge is 0.391 e. The summed E-state index contributed by atoms with van der Waals surface area (Å²) in [5, 5.41) is 13.8. The van der Waals surface area contributed by atoms with Crippen LogP contribution >= 0.6 is 7.82 Å². The van der Waals surface area contributed by atoms with E-state index >= 15 is 0 Å².